The minimum atomic E-state index is -4.99. The quantitative estimate of drug-likeness (QED) is 0.143. The van der Waals surface area contributed by atoms with Crippen LogP contribution in [0.15, 0.2) is 23.2 Å². The number of methoxy groups -OCH3 is 1. The van der Waals surface area contributed by atoms with Gasteiger partial charge in [0.15, 0.2) is 5.90 Å². The first kappa shape index (κ1) is 41.2. The molecule has 2 aromatic carbocycles. The highest BCUT2D eigenvalue weighted by atomic mass is 32.1. The summed E-state index contributed by atoms with van der Waals surface area (Å²) in [5.41, 5.74) is -2.21. The van der Waals surface area contributed by atoms with E-state index in [0.29, 0.717) is 29.9 Å². The van der Waals surface area contributed by atoms with Gasteiger partial charge < -0.3 is 9.64 Å². The minimum absolute atomic E-state index is 0.00719. The second-order valence-corrected chi connectivity index (χ2v) is 15.3. The number of hydrogen-bond donors (Lipinski definition) is 0. The van der Waals surface area contributed by atoms with Crippen LogP contribution in [0.2, 0.25) is 0 Å². The summed E-state index contributed by atoms with van der Waals surface area (Å²) in [4.78, 5) is 8.89. The van der Waals surface area contributed by atoms with Gasteiger partial charge in [-0.25, -0.2) is 13.2 Å². The Kier molecular flexibility index (Phi) is 13.9. The van der Waals surface area contributed by atoms with Crippen LogP contribution < -0.4 is 10.4 Å². The lowest BCUT2D eigenvalue weighted by atomic mass is 9.85. The lowest BCUT2D eigenvalue weighted by Crippen LogP contribution is -2.38. The summed E-state index contributed by atoms with van der Waals surface area (Å²) in [6.07, 6.45) is 2.13. The molecule has 3 heterocycles. The molecular formula is C40H50F6N4OS. The molecule has 3 aliphatic rings. The van der Waals surface area contributed by atoms with Gasteiger partial charge in [0, 0.05) is 59.4 Å². The summed E-state index contributed by atoms with van der Waals surface area (Å²) < 4.78 is 93.0. The second-order valence-electron chi connectivity index (χ2n) is 14.2. The molecular weight excluding hydrogens is 699 g/mol. The minimum Gasteiger partial charge on any atom is -0.484 e. The zero-order chi connectivity index (χ0) is 38.5. The monoisotopic (exact) mass is 748 g/mol. The Labute approximate surface area is 307 Å². The molecule has 1 aromatic heterocycles. The Morgan fingerprint density at radius 3 is 2.38 bits per heavy atom. The van der Waals surface area contributed by atoms with Gasteiger partial charge in [-0.05, 0) is 68.2 Å². The molecule has 2 saturated heterocycles. The van der Waals surface area contributed by atoms with Crippen molar-refractivity contribution in [2.45, 2.75) is 104 Å². The highest BCUT2D eigenvalue weighted by Gasteiger charge is 2.38. The highest BCUT2D eigenvalue weighted by Crippen LogP contribution is 2.45. The van der Waals surface area contributed by atoms with Gasteiger partial charge in [0.1, 0.15) is 29.7 Å². The van der Waals surface area contributed by atoms with Crippen LogP contribution in [0.3, 0.4) is 0 Å². The van der Waals surface area contributed by atoms with E-state index in [1.165, 1.54) is 26.4 Å². The standard InChI is InChI=1S/C30H30F5N3OS.C7H12FN.C3H8/c1-15(2)27-21(13-36)24-19(10-11-23(31)28(24)40-27)25-22(30(33,34)35)12-20(16(3)26(25)32)29(37-17(4)39-6)38(5)14-18-8-7-9-18;8-6-4-7-2-1-3-9(7)5-6;1-3-2/h10-12,15,18H,3,7-9,14H2,1-2,4-6H3;6-7H,1-5H2;3H2,1-2H3/b29-20+,37-17+;;. The van der Waals surface area contributed by atoms with Crippen molar-refractivity contribution in [3.8, 4) is 17.2 Å². The zero-order valence-corrected chi connectivity index (χ0v) is 32.0. The molecule has 2 unspecified atom stereocenters. The summed E-state index contributed by atoms with van der Waals surface area (Å²) in [7, 11) is 3.08. The van der Waals surface area contributed by atoms with Gasteiger partial charge in [-0.1, -0.05) is 53.2 Å². The molecule has 0 bridgehead atoms. The van der Waals surface area contributed by atoms with Crippen molar-refractivity contribution in [1.82, 2.24) is 9.80 Å². The number of nitriles is 1. The van der Waals surface area contributed by atoms with Crippen LogP contribution in [0.5, 0.6) is 0 Å². The zero-order valence-electron chi connectivity index (χ0n) is 31.2. The van der Waals surface area contributed by atoms with Crippen LogP contribution in [0.1, 0.15) is 101 Å². The Hall–Kier alpha value is -3.56. The van der Waals surface area contributed by atoms with Crippen LogP contribution in [0, 0.1) is 28.9 Å². The Morgan fingerprint density at radius 2 is 1.85 bits per heavy atom. The van der Waals surface area contributed by atoms with E-state index < -0.39 is 35.1 Å². The van der Waals surface area contributed by atoms with E-state index in [2.05, 4.69) is 30.3 Å². The van der Waals surface area contributed by atoms with E-state index in [-0.39, 0.29) is 49.3 Å². The van der Waals surface area contributed by atoms with E-state index in [9.17, 15) is 27.2 Å². The van der Waals surface area contributed by atoms with Crippen molar-refractivity contribution in [2.24, 2.45) is 10.9 Å². The van der Waals surface area contributed by atoms with Gasteiger partial charge in [0.25, 0.3) is 0 Å². The van der Waals surface area contributed by atoms with Gasteiger partial charge >= 0.3 is 6.18 Å². The molecule has 0 N–H and O–H groups in total. The molecule has 12 heteroatoms. The topological polar surface area (TPSA) is 51.9 Å². The molecule has 0 radical (unpaired) electrons. The van der Waals surface area contributed by atoms with Gasteiger partial charge in [-0.3, -0.25) is 4.90 Å². The maximum absolute atomic E-state index is 16.3. The van der Waals surface area contributed by atoms with Crippen LogP contribution in [-0.4, -0.2) is 61.7 Å². The average molecular weight is 749 g/mol. The molecule has 5 nitrogen and oxygen atoms in total. The number of ether oxygens (including phenoxy) is 1. The van der Waals surface area contributed by atoms with E-state index in [4.69, 9.17) is 4.74 Å². The molecule has 1 aliphatic carbocycles. The number of fused-ring (bicyclic) bond motifs is 2. The number of alkyl halides is 4. The van der Waals surface area contributed by atoms with Gasteiger partial charge in [-0.15, -0.1) is 11.3 Å². The van der Waals surface area contributed by atoms with Crippen molar-refractivity contribution in [3.05, 3.63) is 56.3 Å². The number of hydrogen-bond acceptors (Lipinski definition) is 6. The Balaban J connectivity index is 0.000000424. The third-order valence-corrected chi connectivity index (χ3v) is 11.3. The van der Waals surface area contributed by atoms with Crippen LogP contribution in [0.25, 0.3) is 33.6 Å². The number of nitrogens with zero attached hydrogens (tertiary/aromatic N) is 4. The lowest BCUT2D eigenvalue weighted by Gasteiger charge is -2.31. The second kappa shape index (κ2) is 17.5. The number of thiophene rings is 1. The van der Waals surface area contributed by atoms with Crippen LogP contribution in [0.4, 0.5) is 26.3 Å². The summed E-state index contributed by atoms with van der Waals surface area (Å²) in [6.45, 7) is 15.6. The SMILES string of the molecule is C=c1c(F)c(-c2ccc(F)c3sc(C(C)C)c(C#N)c23)c(C(F)(F)F)c/c1=C(/N=C(\C)OC)N(C)CC1CCC1.CCC.FC1CC2CCCN2C1. The molecule has 2 atom stereocenters. The number of aliphatic imine (C=N–C) groups is 1. The first-order valence-electron chi connectivity index (χ1n) is 18.0. The Morgan fingerprint density at radius 1 is 1.17 bits per heavy atom. The first-order chi connectivity index (χ1) is 24.6. The molecule has 3 aromatic rings. The molecule has 6 rings (SSSR count). The maximum atomic E-state index is 16.3. The summed E-state index contributed by atoms with van der Waals surface area (Å²) >= 11 is 0.991. The van der Waals surface area contributed by atoms with Gasteiger partial charge in [0.2, 0.25) is 0 Å². The van der Waals surface area contributed by atoms with Crippen molar-refractivity contribution < 1.29 is 31.1 Å². The number of halogens is 6. The van der Waals surface area contributed by atoms with Crippen molar-refractivity contribution >= 4 is 39.7 Å². The van der Waals surface area contributed by atoms with E-state index in [1.807, 2.05) is 6.07 Å². The van der Waals surface area contributed by atoms with Gasteiger partial charge in [0.05, 0.1) is 22.9 Å². The predicted octanol–water partition coefficient (Wildman–Crippen LogP) is 9.74. The molecule has 1 saturated carbocycles. The predicted molar refractivity (Wildman–Crippen MR) is 199 cm³/mol. The lowest BCUT2D eigenvalue weighted by molar-refractivity contribution is -0.137. The normalized spacial score (nSPS) is 19.7. The smallest absolute Gasteiger partial charge is 0.417 e. The highest BCUT2D eigenvalue weighted by molar-refractivity contribution is 7.19. The van der Waals surface area contributed by atoms with Crippen molar-refractivity contribution in [3.63, 3.8) is 0 Å². The van der Waals surface area contributed by atoms with Crippen molar-refractivity contribution in [1.29, 1.82) is 5.26 Å². The van der Waals surface area contributed by atoms with E-state index in [0.717, 1.165) is 61.8 Å². The third kappa shape index (κ3) is 8.96. The molecule has 284 valence electrons. The fourth-order valence-corrected chi connectivity index (χ4v) is 8.20. The fourth-order valence-electron chi connectivity index (χ4n) is 7.01. The number of benzene rings is 2. The van der Waals surface area contributed by atoms with E-state index >= 15 is 4.39 Å². The number of rotatable bonds is 6. The molecule has 0 amide bonds. The van der Waals surface area contributed by atoms with E-state index in [1.54, 1.807) is 32.7 Å². The third-order valence-electron chi connectivity index (χ3n) is 9.77. The molecule has 3 fully saturated rings. The van der Waals surface area contributed by atoms with Gasteiger partial charge in [-0.2, -0.15) is 23.4 Å². The largest absolute Gasteiger partial charge is 0.484 e. The Bertz CT molecular complexity index is 1900. The average Bonchev–Trinajstić information content (AvgIpc) is 3.77. The van der Waals surface area contributed by atoms with Crippen molar-refractivity contribution in [2.75, 3.05) is 33.8 Å². The molecule has 52 heavy (non-hydrogen) atoms. The van der Waals surface area contributed by atoms with Crippen LogP contribution in [-0.2, 0) is 10.9 Å². The molecule has 0 spiro atoms. The fraction of sp³-hybridized carbons (Fsp3) is 0.550. The summed E-state index contributed by atoms with van der Waals surface area (Å²) in [5, 5.41) is 9.47. The summed E-state index contributed by atoms with van der Waals surface area (Å²) in [6, 6.07) is 5.57. The first-order valence-corrected chi connectivity index (χ1v) is 18.9. The maximum Gasteiger partial charge on any atom is 0.417 e. The molecule has 2 aliphatic heterocycles. The summed E-state index contributed by atoms with van der Waals surface area (Å²) in [5.74, 6) is -1.45. The van der Waals surface area contributed by atoms with Crippen LogP contribution >= 0.6 is 11.3 Å².